The van der Waals surface area contributed by atoms with Crippen molar-refractivity contribution in [2.45, 2.75) is 57.5 Å². The molecule has 0 aromatic heterocycles. The van der Waals surface area contributed by atoms with Gasteiger partial charge in [-0.2, -0.15) is 11.8 Å². The lowest BCUT2D eigenvalue weighted by Crippen LogP contribution is -2.45. The van der Waals surface area contributed by atoms with Gasteiger partial charge in [-0.1, -0.05) is 13.3 Å². The molecule has 3 atom stereocenters. The molecule has 0 N–H and O–H groups in total. The molecular formula is C16H26O2S. The Kier molecular flexibility index (Phi) is 4.23. The van der Waals surface area contributed by atoms with Gasteiger partial charge in [-0.05, 0) is 55.9 Å². The zero-order chi connectivity index (χ0) is 13.3. The SMILES string of the molecule is CC1CCCC1C(=O)C1CCOC2(CCSCC2)C1. The predicted molar refractivity (Wildman–Crippen MR) is 79.5 cm³/mol. The van der Waals surface area contributed by atoms with Gasteiger partial charge in [-0.15, -0.1) is 0 Å². The van der Waals surface area contributed by atoms with Crippen LogP contribution in [0.1, 0.15) is 51.9 Å². The fourth-order valence-electron chi connectivity index (χ4n) is 4.23. The van der Waals surface area contributed by atoms with E-state index in [-0.39, 0.29) is 5.60 Å². The summed E-state index contributed by atoms with van der Waals surface area (Å²) in [6.07, 6.45) is 7.93. The first kappa shape index (κ1) is 13.9. The van der Waals surface area contributed by atoms with E-state index in [1.165, 1.54) is 24.3 Å². The van der Waals surface area contributed by atoms with E-state index in [9.17, 15) is 4.79 Å². The maximum absolute atomic E-state index is 12.8. The average Bonchev–Trinajstić information content (AvgIpc) is 2.85. The number of hydrogen-bond donors (Lipinski definition) is 0. The van der Waals surface area contributed by atoms with Gasteiger partial charge in [0.15, 0.2) is 0 Å². The summed E-state index contributed by atoms with van der Waals surface area (Å²) >= 11 is 2.03. The van der Waals surface area contributed by atoms with Crippen LogP contribution in [0, 0.1) is 17.8 Å². The van der Waals surface area contributed by atoms with Crippen molar-refractivity contribution in [2.75, 3.05) is 18.1 Å². The van der Waals surface area contributed by atoms with Gasteiger partial charge in [0.2, 0.25) is 0 Å². The molecule has 0 aromatic carbocycles. The molecule has 0 aromatic rings. The number of Topliss-reactive ketones (excluding diaryl/α,β-unsaturated/α-hetero) is 1. The molecule has 1 spiro atoms. The zero-order valence-electron chi connectivity index (χ0n) is 12.0. The van der Waals surface area contributed by atoms with Crippen molar-refractivity contribution >= 4 is 17.5 Å². The van der Waals surface area contributed by atoms with Crippen LogP contribution in [0.15, 0.2) is 0 Å². The lowest BCUT2D eigenvalue weighted by atomic mass is 9.76. The molecule has 0 bridgehead atoms. The Balaban J connectivity index is 1.65. The first-order chi connectivity index (χ1) is 9.20. The van der Waals surface area contributed by atoms with Gasteiger partial charge >= 0.3 is 0 Å². The second-order valence-electron chi connectivity index (χ2n) is 6.75. The maximum Gasteiger partial charge on any atom is 0.139 e. The number of thioether (sulfide) groups is 1. The topological polar surface area (TPSA) is 26.3 Å². The number of rotatable bonds is 2. The maximum atomic E-state index is 12.8. The molecule has 3 unspecified atom stereocenters. The minimum atomic E-state index is 0.0612. The molecule has 108 valence electrons. The summed E-state index contributed by atoms with van der Waals surface area (Å²) in [5, 5.41) is 0. The summed E-state index contributed by atoms with van der Waals surface area (Å²) in [6.45, 7) is 3.07. The van der Waals surface area contributed by atoms with Crippen LogP contribution in [0.5, 0.6) is 0 Å². The van der Waals surface area contributed by atoms with Gasteiger partial charge in [-0.3, -0.25) is 4.79 Å². The van der Waals surface area contributed by atoms with E-state index in [1.807, 2.05) is 11.8 Å². The van der Waals surface area contributed by atoms with Crippen molar-refractivity contribution < 1.29 is 9.53 Å². The second kappa shape index (κ2) is 5.77. The fraction of sp³-hybridized carbons (Fsp3) is 0.938. The van der Waals surface area contributed by atoms with Gasteiger partial charge in [0.05, 0.1) is 5.60 Å². The van der Waals surface area contributed by atoms with Crippen LogP contribution in [-0.2, 0) is 9.53 Å². The molecule has 1 aliphatic carbocycles. The minimum Gasteiger partial charge on any atom is -0.375 e. The monoisotopic (exact) mass is 282 g/mol. The highest BCUT2D eigenvalue weighted by Gasteiger charge is 2.43. The lowest BCUT2D eigenvalue weighted by Gasteiger charge is -2.43. The Bertz CT molecular complexity index is 330. The van der Waals surface area contributed by atoms with E-state index in [1.54, 1.807) is 0 Å². The Morgan fingerprint density at radius 3 is 2.68 bits per heavy atom. The third kappa shape index (κ3) is 2.87. The number of ether oxygens (including phenoxy) is 1. The molecule has 2 saturated heterocycles. The van der Waals surface area contributed by atoms with Gasteiger partial charge in [0.1, 0.15) is 5.78 Å². The molecule has 0 amide bonds. The van der Waals surface area contributed by atoms with Crippen LogP contribution in [0.2, 0.25) is 0 Å². The summed E-state index contributed by atoms with van der Waals surface area (Å²) in [6, 6.07) is 0. The molecule has 1 saturated carbocycles. The van der Waals surface area contributed by atoms with Crippen molar-refractivity contribution in [3.63, 3.8) is 0 Å². The van der Waals surface area contributed by atoms with Crippen LogP contribution in [0.25, 0.3) is 0 Å². The van der Waals surface area contributed by atoms with Gasteiger partial charge < -0.3 is 4.74 Å². The van der Waals surface area contributed by atoms with Crippen LogP contribution < -0.4 is 0 Å². The van der Waals surface area contributed by atoms with Crippen molar-refractivity contribution in [2.24, 2.45) is 17.8 Å². The second-order valence-corrected chi connectivity index (χ2v) is 7.98. The van der Waals surface area contributed by atoms with Crippen molar-refractivity contribution in [3.8, 4) is 0 Å². The molecule has 2 heterocycles. The molecule has 3 rings (SSSR count). The Morgan fingerprint density at radius 1 is 1.21 bits per heavy atom. The number of hydrogen-bond acceptors (Lipinski definition) is 3. The highest BCUT2D eigenvalue weighted by molar-refractivity contribution is 7.99. The van der Waals surface area contributed by atoms with Crippen LogP contribution in [0.4, 0.5) is 0 Å². The van der Waals surface area contributed by atoms with Crippen molar-refractivity contribution in [1.82, 2.24) is 0 Å². The normalized spacial score (nSPS) is 38.5. The summed E-state index contributed by atoms with van der Waals surface area (Å²) in [7, 11) is 0. The van der Waals surface area contributed by atoms with E-state index in [2.05, 4.69) is 6.92 Å². The minimum absolute atomic E-state index is 0.0612. The summed E-state index contributed by atoms with van der Waals surface area (Å²) < 4.78 is 6.11. The first-order valence-corrected chi connectivity index (χ1v) is 9.11. The zero-order valence-corrected chi connectivity index (χ0v) is 12.8. The van der Waals surface area contributed by atoms with E-state index in [0.717, 1.165) is 38.7 Å². The molecular weight excluding hydrogens is 256 g/mol. The third-order valence-corrected chi connectivity index (χ3v) is 6.51. The van der Waals surface area contributed by atoms with Gasteiger partial charge in [-0.25, -0.2) is 0 Å². The molecule has 3 aliphatic rings. The van der Waals surface area contributed by atoms with Crippen molar-refractivity contribution in [1.29, 1.82) is 0 Å². The first-order valence-electron chi connectivity index (χ1n) is 7.96. The van der Waals surface area contributed by atoms with Crippen LogP contribution in [0.3, 0.4) is 0 Å². The van der Waals surface area contributed by atoms with E-state index in [0.29, 0.717) is 23.5 Å². The predicted octanol–water partition coefficient (Wildman–Crippen LogP) is 3.68. The third-order valence-electron chi connectivity index (χ3n) is 5.53. The Hall–Kier alpha value is -0.0200. The molecule has 3 fully saturated rings. The van der Waals surface area contributed by atoms with E-state index in [4.69, 9.17) is 4.74 Å². The van der Waals surface area contributed by atoms with E-state index >= 15 is 0 Å². The summed E-state index contributed by atoms with van der Waals surface area (Å²) in [4.78, 5) is 12.8. The fourth-order valence-corrected chi connectivity index (χ4v) is 5.47. The van der Waals surface area contributed by atoms with Crippen LogP contribution in [-0.4, -0.2) is 29.5 Å². The quantitative estimate of drug-likeness (QED) is 0.773. The lowest BCUT2D eigenvalue weighted by molar-refractivity contribution is -0.142. The highest BCUT2D eigenvalue weighted by Crippen LogP contribution is 2.42. The standard InChI is InChI=1S/C16H26O2S/c1-12-3-2-4-14(12)15(17)13-5-8-18-16(11-13)6-9-19-10-7-16/h12-14H,2-11H2,1H3. The highest BCUT2D eigenvalue weighted by atomic mass is 32.2. The molecule has 2 nitrogen and oxygen atoms in total. The summed E-state index contributed by atoms with van der Waals surface area (Å²) in [5.74, 6) is 4.27. The number of carbonyl (C=O) groups is 1. The molecule has 2 aliphatic heterocycles. The Morgan fingerprint density at radius 2 is 2.00 bits per heavy atom. The largest absolute Gasteiger partial charge is 0.375 e. The van der Waals surface area contributed by atoms with Crippen molar-refractivity contribution in [3.05, 3.63) is 0 Å². The van der Waals surface area contributed by atoms with Gasteiger partial charge in [0, 0.05) is 18.4 Å². The molecule has 0 radical (unpaired) electrons. The average molecular weight is 282 g/mol. The number of ketones is 1. The van der Waals surface area contributed by atoms with Gasteiger partial charge in [0.25, 0.3) is 0 Å². The molecule has 19 heavy (non-hydrogen) atoms. The molecule has 3 heteroatoms. The van der Waals surface area contributed by atoms with Crippen LogP contribution >= 0.6 is 11.8 Å². The van der Waals surface area contributed by atoms with E-state index < -0.39 is 0 Å². The number of carbonyl (C=O) groups excluding carboxylic acids is 1. The summed E-state index contributed by atoms with van der Waals surface area (Å²) in [5.41, 5.74) is 0.0612. The Labute approximate surface area is 121 Å². The smallest absolute Gasteiger partial charge is 0.139 e.